The zero-order valence-corrected chi connectivity index (χ0v) is 15.3. The Balaban J connectivity index is 1.46. The number of benzene rings is 3. The molecule has 0 aromatic heterocycles. The topological polar surface area (TPSA) is 71.3 Å². The lowest BCUT2D eigenvalue weighted by Crippen LogP contribution is -2.28. The fraction of sp³-hybridized carbons (Fsp3) is 0.130. The molecule has 3 aromatic carbocycles. The van der Waals surface area contributed by atoms with E-state index in [2.05, 4.69) is 11.4 Å². The summed E-state index contributed by atoms with van der Waals surface area (Å²) in [6, 6.07) is 26.3. The molecular formula is C23H20N2O3. The van der Waals surface area contributed by atoms with Gasteiger partial charge in [0.2, 0.25) is 0 Å². The molecule has 1 amide bonds. The van der Waals surface area contributed by atoms with Gasteiger partial charge in [-0.2, -0.15) is 5.26 Å². The van der Waals surface area contributed by atoms with E-state index >= 15 is 0 Å². The number of hydrogen-bond donors (Lipinski definition) is 1. The van der Waals surface area contributed by atoms with Crippen LogP contribution in [0.1, 0.15) is 11.1 Å². The molecule has 0 aliphatic carbocycles. The third-order valence-corrected chi connectivity index (χ3v) is 3.94. The standard InChI is InChI=1S/C23H20N2O3/c24-14-13-18-9-11-20(12-10-18)27-17-23(26)25-16-19-5-4-8-22(15-19)28-21-6-2-1-3-7-21/h1-12,15H,13,16-17H2,(H,25,26). The summed E-state index contributed by atoms with van der Waals surface area (Å²) in [6.07, 6.45) is 0.355. The summed E-state index contributed by atoms with van der Waals surface area (Å²) in [5, 5.41) is 11.5. The molecule has 0 fully saturated rings. The summed E-state index contributed by atoms with van der Waals surface area (Å²) < 4.78 is 11.3. The summed E-state index contributed by atoms with van der Waals surface area (Å²) in [5.74, 6) is 1.86. The molecule has 0 spiro atoms. The maximum atomic E-state index is 12.0. The maximum Gasteiger partial charge on any atom is 0.258 e. The van der Waals surface area contributed by atoms with Crippen molar-refractivity contribution in [2.24, 2.45) is 0 Å². The zero-order valence-electron chi connectivity index (χ0n) is 15.3. The molecule has 0 saturated heterocycles. The molecule has 0 aliphatic rings. The zero-order chi connectivity index (χ0) is 19.6. The normalized spacial score (nSPS) is 9.96. The number of ether oxygens (including phenoxy) is 2. The quantitative estimate of drug-likeness (QED) is 0.642. The van der Waals surface area contributed by atoms with E-state index in [1.807, 2.05) is 66.7 Å². The van der Waals surface area contributed by atoms with E-state index in [1.165, 1.54) is 0 Å². The monoisotopic (exact) mass is 372 g/mol. The molecule has 0 atom stereocenters. The van der Waals surface area contributed by atoms with Crippen LogP contribution >= 0.6 is 0 Å². The number of nitrogens with one attached hydrogen (secondary N) is 1. The van der Waals surface area contributed by atoms with Gasteiger partial charge in [-0.1, -0.05) is 42.5 Å². The van der Waals surface area contributed by atoms with Crippen LogP contribution in [-0.2, 0) is 17.8 Å². The highest BCUT2D eigenvalue weighted by Gasteiger charge is 2.05. The van der Waals surface area contributed by atoms with Crippen molar-refractivity contribution >= 4 is 5.91 Å². The van der Waals surface area contributed by atoms with Gasteiger partial charge in [-0.25, -0.2) is 0 Å². The minimum Gasteiger partial charge on any atom is -0.484 e. The molecule has 0 aliphatic heterocycles. The van der Waals surface area contributed by atoms with Gasteiger partial charge in [-0.05, 0) is 47.5 Å². The first-order valence-corrected chi connectivity index (χ1v) is 8.90. The number of hydrogen-bond acceptors (Lipinski definition) is 4. The molecule has 3 aromatic rings. The lowest BCUT2D eigenvalue weighted by Gasteiger charge is -2.10. The van der Waals surface area contributed by atoms with Crippen LogP contribution in [0.25, 0.3) is 0 Å². The lowest BCUT2D eigenvalue weighted by atomic mass is 10.2. The molecule has 28 heavy (non-hydrogen) atoms. The SMILES string of the molecule is N#CCc1ccc(OCC(=O)NCc2cccc(Oc3ccccc3)c2)cc1. The minimum absolute atomic E-state index is 0.0716. The van der Waals surface area contributed by atoms with Crippen LogP contribution in [0.5, 0.6) is 17.2 Å². The second kappa shape index (κ2) is 9.79. The number of nitriles is 1. The Morgan fingerprint density at radius 1 is 0.857 bits per heavy atom. The molecule has 140 valence electrons. The summed E-state index contributed by atoms with van der Waals surface area (Å²) in [6.45, 7) is 0.313. The average molecular weight is 372 g/mol. The molecule has 0 unspecified atom stereocenters. The molecule has 0 radical (unpaired) electrons. The van der Waals surface area contributed by atoms with Crippen molar-refractivity contribution in [2.45, 2.75) is 13.0 Å². The smallest absolute Gasteiger partial charge is 0.258 e. The number of amides is 1. The molecule has 5 heteroatoms. The van der Waals surface area contributed by atoms with Gasteiger partial charge in [0.1, 0.15) is 17.2 Å². The highest BCUT2D eigenvalue weighted by molar-refractivity contribution is 5.77. The van der Waals surface area contributed by atoms with E-state index in [4.69, 9.17) is 14.7 Å². The Morgan fingerprint density at radius 2 is 1.61 bits per heavy atom. The van der Waals surface area contributed by atoms with Gasteiger partial charge >= 0.3 is 0 Å². The Hall–Kier alpha value is -3.78. The highest BCUT2D eigenvalue weighted by atomic mass is 16.5. The van der Waals surface area contributed by atoms with Gasteiger partial charge in [0.05, 0.1) is 12.5 Å². The summed E-state index contributed by atoms with van der Waals surface area (Å²) in [7, 11) is 0. The predicted octanol–water partition coefficient (Wildman–Crippen LogP) is 4.24. The van der Waals surface area contributed by atoms with Gasteiger partial charge in [0.25, 0.3) is 5.91 Å². The molecule has 0 saturated carbocycles. The van der Waals surface area contributed by atoms with E-state index in [9.17, 15) is 4.79 Å². The van der Waals surface area contributed by atoms with Crippen molar-refractivity contribution in [3.05, 3.63) is 90.0 Å². The van der Waals surface area contributed by atoms with Gasteiger partial charge in [-0.3, -0.25) is 4.79 Å². The van der Waals surface area contributed by atoms with E-state index in [0.717, 1.165) is 16.9 Å². The Kier molecular flexibility index (Phi) is 6.64. The van der Waals surface area contributed by atoms with Gasteiger partial charge in [0.15, 0.2) is 6.61 Å². The molecule has 0 bridgehead atoms. The molecule has 0 heterocycles. The highest BCUT2D eigenvalue weighted by Crippen LogP contribution is 2.21. The largest absolute Gasteiger partial charge is 0.484 e. The van der Waals surface area contributed by atoms with Crippen LogP contribution < -0.4 is 14.8 Å². The fourth-order valence-corrected chi connectivity index (χ4v) is 2.54. The van der Waals surface area contributed by atoms with Crippen molar-refractivity contribution in [2.75, 3.05) is 6.61 Å². The van der Waals surface area contributed by atoms with Crippen molar-refractivity contribution in [1.82, 2.24) is 5.32 Å². The number of rotatable bonds is 8. The second-order valence-electron chi connectivity index (χ2n) is 6.11. The number of carbonyl (C=O) groups excluding carboxylic acids is 1. The van der Waals surface area contributed by atoms with E-state index in [1.54, 1.807) is 12.1 Å². The fourth-order valence-electron chi connectivity index (χ4n) is 2.54. The average Bonchev–Trinajstić information content (AvgIpc) is 2.73. The van der Waals surface area contributed by atoms with Crippen molar-refractivity contribution in [3.8, 4) is 23.3 Å². The summed E-state index contributed by atoms with van der Waals surface area (Å²) in [5.41, 5.74) is 1.85. The first-order valence-electron chi connectivity index (χ1n) is 8.90. The van der Waals surface area contributed by atoms with Crippen LogP contribution in [-0.4, -0.2) is 12.5 Å². The lowest BCUT2D eigenvalue weighted by molar-refractivity contribution is -0.123. The maximum absolute atomic E-state index is 12.0. The van der Waals surface area contributed by atoms with Crippen LogP contribution in [0.4, 0.5) is 0 Å². The third-order valence-electron chi connectivity index (χ3n) is 3.94. The van der Waals surface area contributed by atoms with Crippen molar-refractivity contribution in [3.63, 3.8) is 0 Å². The van der Waals surface area contributed by atoms with E-state index in [-0.39, 0.29) is 12.5 Å². The van der Waals surface area contributed by atoms with Crippen molar-refractivity contribution < 1.29 is 14.3 Å². The molecule has 3 rings (SSSR count). The first-order chi connectivity index (χ1) is 13.7. The van der Waals surface area contributed by atoms with Crippen LogP contribution in [0, 0.1) is 11.3 Å². The van der Waals surface area contributed by atoms with Gasteiger partial charge in [-0.15, -0.1) is 0 Å². The van der Waals surface area contributed by atoms with E-state index in [0.29, 0.717) is 24.5 Å². The molecule has 1 N–H and O–H groups in total. The number of carbonyl (C=O) groups is 1. The van der Waals surface area contributed by atoms with Gasteiger partial charge in [0, 0.05) is 6.54 Å². The van der Waals surface area contributed by atoms with Crippen LogP contribution in [0.3, 0.4) is 0 Å². The second-order valence-corrected chi connectivity index (χ2v) is 6.11. The Morgan fingerprint density at radius 3 is 2.36 bits per heavy atom. The summed E-state index contributed by atoms with van der Waals surface area (Å²) >= 11 is 0. The molecular weight excluding hydrogens is 352 g/mol. The van der Waals surface area contributed by atoms with Crippen molar-refractivity contribution in [1.29, 1.82) is 5.26 Å². The Bertz CT molecular complexity index is 948. The van der Waals surface area contributed by atoms with Crippen LogP contribution in [0.15, 0.2) is 78.9 Å². The molecule has 5 nitrogen and oxygen atoms in total. The summed E-state index contributed by atoms with van der Waals surface area (Å²) in [4.78, 5) is 12.0. The number of para-hydroxylation sites is 1. The first kappa shape index (κ1) is 19.0. The van der Waals surface area contributed by atoms with E-state index < -0.39 is 0 Å². The number of nitrogens with zero attached hydrogens (tertiary/aromatic N) is 1. The van der Waals surface area contributed by atoms with Crippen LogP contribution in [0.2, 0.25) is 0 Å². The van der Waals surface area contributed by atoms with Gasteiger partial charge < -0.3 is 14.8 Å². The predicted molar refractivity (Wildman–Crippen MR) is 106 cm³/mol. The Labute approximate surface area is 164 Å². The third kappa shape index (κ3) is 5.89. The minimum atomic E-state index is -0.213.